The van der Waals surface area contributed by atoms with Crippen molar-refractivity contribution >= 4 is 0 Å². The average molecular weight is 282 g/mol. The average Bonchev–Trinajstić information content (AvgIpc) is 2.53. The maximum absolute atomic E-state index is 5.97. The molecule has 0 saturated carbocycles. The van der Waals surface area contributed by atoms with E-state index in [1.165, 1.54) is 16.7 Å². The maximum Gasteiger partial charge on any atom is 0.127 e. The zero-order valence-corrected chi connectivity index (χ0v) is 12.7. The van der Waals surface area contributed by atoms with Gasteiger partial charge in [-0.15, -0.1) is 0 Å². The molecule has 1 aromatic heterocycles. The zero-order chi connectivity index (χ0) is 14.7. The number of hydrogen-bond donors (Lipinski definition) is 1. The molecular weight excluding hydrogens is 260 g/mol. The minimum Gasteiger partial charge on any atom is -0.493 e. The van der Waals surface area contributed by atoms with Crippen molar-refractivity contribution < 1.29 is 4.74 Å². The number of hydrogen-bond acceptors (Lipinski definition) is 3. The van der Waals surface area contributed by atoms with Crippen LogP contribution in [0.1, 0.15) is 41.8 Å². The van der Waals surface area contributed by atoms with E-state index in [1.54, 1.807) is 0 Å². The van der Waals surface area contributed by atoms with Gasteiger partial charge in [-0.25, -0.2) is 0 Å². The molecule has 0 spiro atoms. The summed E-state index contributed by atoms with van der Waals surface area (Å²) in [5, 5.41) is 3.56. The number of pyridine rings is 1. The fourth-order valence-electron chi connectivity index (χ4n) is 2.90. The Hall–Kier alpha value is -1.87. The summed E-state index contributed by atoms with van der Waals surface area (Å²) in [4.78, 5) is 4.44. The predicted molar refractivity (Wildman–Crippen MR) is 84.8 cm³/mol. The highest BCUT2D eigenvalue weighted by molar-refractivity contribution is 5.47. The van der Waals surface area contributed by atoms with Gasteiger partial charge in [-0.1, -0.05) is 31.2 Å². The molecule has 2 heterocycles. The van der Waals surface area contributed by atoms with E-state index in [0.29, 0.717) is 0 Å². The summed E-state index contributed by atoms with van der Waals surface area (Å²) in [6, 6.07) is 10.8. The number of rotatable bonds is 4. The van der Waals surface area contributed by atoms with E-state index >= 15 is 0 Å². The molecule has 0 radical (unpaired) electrons. The SMILES string of the molecule is CCNC(c1ccc(C)nc1)c1cccc2c1OCCC2. The zero-order valence-electron chi connectivity index (χ0n) is 12.7. The largest absolute Gasteiger partial charge is 0.493 e. The number of aryl methyl sites for hydroxylation is 2. The van der Waals surface area contributed by atoms with E-state index in [-0.39, 0.29) is 6.04 Å². The van der Waals surface area contributed by atoms with E-state index in [1.807, 2.05) is 13.1 Å². The van der Waals surface area contributed by atoms with Crippen molar-refractivity contribution in [2.45, 2.75) is 32.7 Å². The Balaban J connectivity index is 2.03. The molecule has 3 rings (SSSR count). The third-order valence-corrected chi connectivity index (χ3v) is 3.95. The molecule has 0 bridgehead atoms. The lowest BCUT2D eigenvalue weighted by Gasteiger charge is -2.26. The van der Waals surface area contributed by atoms with E-state index in [0.717, 1.165) is 37.4 Å². The highest BCUT2D eigenvalue weighted by Crippen LogP contribution is 2.35. The number of benzene rings is 1. The van der Waals surface area contributed by atoms with Gasteiger partial charge in [-0.05, 0) is 43.5 Å². The van der Waals surface area contributed by atoms with Gasteiger partial charge in [0, 0.05) is 17.5 Å². The van der Waals surface area contributed by atoms with E-state index in [4.69, 9.17) is 4.74 Å². The van der Waals surface area contributed by atoms with Gasteiger partial charge in [0.05, 0.1) is 12.6 Å². The van der Waals surface area contributed by atoms with Crippen molar-refractivity contribution in [3.8, 4) is 5.75 Å². The molecule has 110 valence electrons. The topological polar surface area (TPSA) is 34.2 Å². The first-order valence-electron chi connectivity index (χ1n) is 7.70. The first kappa shape index (κ1) is 14.1. The Morgan fingerprint density at radius 3 is 2.95 bits per heavy atom. The van der Waals surface area contributed by atoms with Crippen LogP contribution >= 0.6 is 0 Å². The van der Waals surface area contributed by atoms with Crippen LogP contribution in [0.5, 0.6) is 5.75 Å². The van der Waals surface area contributed by atoms with Crippen molar-refractivity contribution in [1.82, 2.24) is 10.3 Å². The Morgan fingerprint density at radius 1 is 1.29 bits per heavy atom. The van der Waals surface area contributed by atoms with Gasteiger partial charge in [0.15, 0.2) is 0 Å². The van der Waals surface area contributed by atoms with Gasteiger partial charge in [0.1, 0.15) is 5.75 Å². The Labute approximate surface area is 126 Å². The molecule has 1 atom stereocenters. The van der Waals surface area contributed by atoms with Crippen LogP contribution in [0.25, 0.3) is 0 Å². The first-order valence-corrected chi connectivity index (χ1v) is 7.70. The molecule has 0 amide bonds. The van der Waals surface area contributed by atoms with Crippen LogP contribution < -0.4 is 10.1 Å². The molecule has 2 aromatic rings. The smallest absolute Gasteiger partial charge is 0.127 e. The normalized spacial score (nSPS) is 15.1. The molecule has 0 aliphatic carbocycles. The van der Waals surface area contributed by atoms with Crippen LogP contribution in [0.3, 0.4) is 0 Å². The highest BCUT2D eigenvalue weighted by Gasteiger charge is 2.21. The molecular formula is C18H22N2O. The molecule has 1 N–H and O–H groups in total. The predicted octanol–water partition coefficient (Wildman–Crippen LogP) is 3.41. The van der Waals surface area contributed by atoms with Crippen molar-refractivity contribution in [1.29, 1.82) is 0 Å². The summed E-state index contributed by atoms with van der Waals surface area (Å²) in [6.07, 6.45) is 4.17. The molecule has 1 aromatic carbocycles. The Bertz CT molecular complexity index is 607. The summed E-state index contributed by atoms with van der Waals surface area (Å²) in [5.41, 5.74) is 4.77. The van der Waals surface area contributed by atoms with Crippen LogP contribution in [0, 0.1) is 6.92 Å². The maximum atomic E-state index is 5.97. The standard InChI is InChI=1S/C18H22N2O/c1-3-19-17(15-10-9-13(2)20-12-15)16-8-4-6-14-7-5-11-21-18(14)16/h4,6,8-10,12,17,19H,3,5,7,11H2,1-2H3. The van der Waals surface area contributed by atoms with Gasteiger partial charge in [0.25, 0.3) is 0 Å². The monoisotopic (exact) mass is 282 g/mol. The van der Waals surface area contributed by atoms with Gasteiger partial charge in [-0.2, -0.15) is 0 Å². The quantitative estimate of drug-likeness (QED) is 0.933. The Kier molecular flexibility index (Phi) is 4.20. The molecule has 0 saturated heterocycles. The van der Waals surface area contributed by atoms with Gasteiger partial charge in [0.2, 0.25) is 0 Å². The number of para-hydroxylation sites is 1. The second-order valence-corrected chi connectivity index (χ2v) is 5.51. The summed E-state index contributed by atoms with van der Waals surface area (Å²) in [5.74, 6) is 1.07. The van der Waals surface area contributed by atoms with Crippen LogP contribution in [0.2, 0.25) is 0 Å². The van der Waals surface area contributed by atoms with Gasteiger partial charge < -0.3 is 10.1 Å². The third-order valence-electron chi connectivity index (χ3n) is 3.95. The molecule has 0 fully saturated rings. The molecule has 21 heavy (non-hydrogen) atoms. The lowest BCUT2D eigenvalue weighted by atomic mass is 9.94. The second kappa shape index (κ2) is 6.27. The fraction of sp³-hybridized carbons (Fsp3) is 0.389. The minimum absolute atomic E-state index is 0.135. The minimum atomic E-state index is 0.135. The van der Waals surface area contributed by atoms with Crippen molar-refractivity contribution in [3.63, 3.8) is 0 Å². The number of nitrogens with one attached hydrogen (secondary N) is 1. The molecule has 3 nitrogen and oxygen atoms in total. The molecule has 1 unspecified atom stereocenters. The van der Waals surface area contributed by atoms with E-state index in [9.17, 15) is 0 Å². The third kappa shape index (κ3) is 2.93. The van der Waals surface area contributed by atoms with Crippen LogP contribution in [0.15, 0.2) is 36.5 Å². The summed E-state index contributed by atoms with van der Waals surface area (Å²) < 4.78 is 5.97. The van der Waals surface area contributed by atoms with Crippen molar-refractivity contribution in [2.75, 3.05) is 13.2 Å². The molecule has 1 aliphatic rings. The van der Waals surface area contributed by atoms with Crippen LogP contribution in [-0.4, -0.2) is 18.1 Å². The number of ether oxygens (including phenoxy) is 1. The van der Waals surface area contributed by atoms with Crippen molar-refractivity contribution in [2.24, 2.45) is 0 Å². The van der Waals surface area contributed by atoms with E-state index in [2.05, 4.69) is 47.6 Å². The lowest BCUT2D eigenvalue weighted by Crippen LogP contribution is -2.24. The number of nitrogens with zero attached hydrogens (tertiary/aromatic N) is 1. The summed E-state index contributed by atoms with van der Waals surface area (Å²) in [7, 11) is 0. The Morgan fingerprint density at radius 2 is 2.19 bits per heavy atom. The second-order valence-electron chi connectivity index (χ2n) is 5.51. The molecule has 1 aliphatic heterocycles. The van der Waals surface area contributed by atoms with E-state index < -0.39 is 0 Å². The number of fused-ring (bicyclic) bond motifs is 1. The fourth-order valence-corrected chi connectivity index (χ4v) is 2.90. The highest BCUT2D eigenvalue weighted by atomic mass is 16.5. The number of aromatic nitrogens is 1. The van der Waals surface area contributed by atoms with Gasteiger partial charge >= 0.3 is 0 Å². The van der Waals surface area contributed by atoms with Crippen molar-refractivity contribution in [3.05, 3.63) is 58.9 Å². The van der Waals surface area contributed by atoms with Crippen LogP contribution in [0.4, 0.5) is 0 Å². The first-order chi connectivity index (χ1) is 10.3. The summed E-state index contributed by atoms with van der Waals surface area (Å²) in [6.45, 7) is 5.86. The molecule has 3 heteroatoms. The summed E-state index contributed by atoms with van der Waals surface area (Å²) >= 11 is 0. The van der Waals surface area contributed by atoms with Gasteiger partial charge in [-0.3, -0.25) is 4.98 Å². The lowest BCUT2D eigenvalue weighted by molar-refractivity contribution is 0.283. The van der Waals surface area contributed by atoms with Crippen LogP contribution in [-0.2, 0) is 6.42 Å².